The molecule has 37 heavy (non-hydrogen) atoms. The number of nitrogens with two attached hydrogens (primary N) is 1. The normalized spacial score (nSPS) is 14.7. The smallest absolute Gasteiger partial charge is 0.228 e. The summed E-state index contributed by atoms with van der Waals surface area (Å²) >= 11 is 0. The summed E-state index contributed by atoms with van der Waals surface area (Å²) in [4.78, 5) is 18.2. The van der Waals surface area contributed by atoms with E-state index in [1.807, 2.05) is 42.5 Å². The molecule has 2 N–H and O–H groups in total. The van der Waals surface area contributed by atoms with Gasteiger partial charge in [0.1, 0.15) is 30.2 Å². The number of rotatable bonds is 12. The molecule has 3 aromatic heterocycles. The molecule has 0 aliphatic carbocycles. The van der Waals surface area contributed by atoms with Gasteiger partial charge in [-0.25, -0.2) is 4.98 Å². The van der Waals surface area contributed by atoms with Crippen LogP contribution in [0.4, 0.5) is 0 Å². The Hall–Kier alpha value is -3.53. The van der Waals surface area contributed by atoms with Gasteiger partial charge in [0.05, 0.1) is 17.5 Å². The van der Waals surface area contributed by atoms with Gasteiger partial charge in [-0.05, 0) is 62.3 Å². The van der Waals surface area contributed by atoms with Crippen molar-refractivity contribution in [3.05, 3.63) is 66.7 Å². The Kier molecular flexibility index (Phi) is 8.58. The topological polar surface area (TPSA) is 103 Å². The van der Waals surface area contributed by atoms with Gasteiger partial charge in [-0.15, -0.1) is 0 Å². The fourth-order valence-corrected chi connectivity index (χ4v) is 4.36. The van der Waals surface area contributed by atoms with Crippen LogP contribution >= 0.6 is 0 Å². The van der Waals surface area contributed by atoms with Gasteiger partial charge in [0.15, 0.2) is 5.58 Å². The molecular formula is C28H34N6O3. The fourth-order valence-electron chi connectivity index (χ4n) is 4.36. The summed E-state index contributed by atoms with van der Waals surface area (Å²) in [6.45, 7) is 8.30. The number of fused-ring (bicyclic) bond motifs is 1. The Morgan fingerprint density at radius 3 is 2.49 bits per heavy atom. The maximum absolute atomic E-state index is 5.94. The summed E-state index contributed by atoms with van der Waals surface area (Å²) in [5.41, 5.74) is 8.70. The zero-order valence-electron chi connectivity index (χ0n) is 21.1. The highest BCUT2D eigenvalue weighted by Crippen LogP contribution is 2.27. The first kappa shape index (κ1) is 25.1. The van der Waals surface area contributed by atoms with Gasteiger partial charge < -0.3 is 24.5 Å². The zero-order chi connectivity index (χ0) is 25.3. The molecule has 0 bridgehead atoms. The van der Waals surface area contributed by atoms with Gasteiger partial charge >= 0.3 is 0 Å². The second kappa shape index (κ2) is 12.6. The largest absolute Gasteiger partial charge is 0.491 e. The molecule has 1 aliphatic heterocycles. The van der Waals surface area contributed by atoms with E-state index < -0.39 is 0 Å². The van der Waals surface area contributed by atoms with Crippen molar-refractivity contribution in [2.75, 3.05) is 52.4 Å². The number of oxazole rings is 1. The number of aromatic nitrogens is 3. The van der Waals surface area contributed by atoms with Gasteiger partial charge in [-0.1, -0.05) is 0 Å². The number of benzene rings is 1. The van der Waals surface area contributed by atoms with Crippen molar-refractivity contribution in [1.29, 1.82) is 0 Å². The third-order valence-electron chi connectivity index (χ3n) is 6.52. The molecule has 0 saturated carbocycles. The molecule has 0 amide bonds. The number of hydrogen-bond acceptors (Lipinski definition) is 9. The number of piperazine rings is 1. The van der Waals surface area contributed by atoms with Crippen LogP contribution in [-0.2, 0) is 6.61 Å². The Labute approximate surface area is 217 Å². The lowest BCUT2D eigenvalue weighted by Crippen LogP contribution is -2.47. The van der Waals surface area contributed by atoms with Crippen molar-refractivity contribution in [3.63, 3.8) is 0 Å². The molecule has 0 spiro atoms. The standard InChI is InChI=1S/C28H34N6O3/c29-9-1-2-11-33-12-14-34(15-13-33)16-17-35-25-6-5-23(31-20-25)21-36-24-7-8-27-26(18-24)32-28(37-27)22-4-3-10-30-19-22/h3-8,10,18-20H,1-2,9,11-17,21,29H2. The van der Waals surface area contributed by atoms with Crippen molar-refractivity contribution in [2.45, 2.75) is 19.4 Å². The van der Waals surface area contributed by atoms with Crippen LogP contribution in [0.1, 0.15) is 18.5 Å². The Morgan fingerprint density at radius 1 is 0.892 bits per heavy atom. The van der Waals surface area contributed by atoms with E-state index in [0.717, 1.165) is 74.8 Å². The highest BCUT2D eigenvalue weighted by Gasteiger charge is 2.16. The summed E-state index contributed by atoms with van der Waals surface area (Å²) in [6.07, 6.45) is 7.52. The molecule has 4 heterocycles. The Morgan fingerprint density at radius 2 is 1.73 bits per heavy atom. The second-order valence-electron chi connectivity index (χ2n) is 9.19. The molecule has 5 rings (SSSR count). The first-order chi connectivity index (χ1) is 18.3. The summed E-state index contributed by atoms with van der Waals surface area (Å²) in [6, 6.07) is 13.3. The molecule has 0 unspecified atom stereocenters. The number of hydrogen-bond donors (Lipinski definition) is 1. The molecule has 9 nitrogen and oxygen atoms in total. The van der Waals surface area contributed by atoms with Crippen LogP contribution in [0.5, 0.6) is 11.5 Å². The van der Waals surface area contributed by atoms with E-state index >= 15 is 0 Å². The third kappa shape index (κ3) is 7.03. The summed E-state index contributed by atoms with van der Waals surface area (Å²) < 4.78 is 17.7. The quantitative estimate of drug-likeness (QED) is 0.291. The lowest BCUT2D eigenvalue weighted by atomic mass is 10.2. The first-order valence-corrected chi connectivity index (χ1v) is 12.9. The van der Waals surface area contributed by atoms with Crippen LogP contribution in [0.25, 0.3) is 22.6 Å². The van der Waals surface area contributed by atoms with E-state index in [1.54, 1.807) is 18.6 Å². The molecule has 0 atom stereocenters. The highest BCUT2D eigenvalue weighted by molar-refractivity contribution is 5.77. The van der Waals surface area contributed by atoms with Gasteiger partial charge in [0.2, 0.25) is 5.89 Å². The molecule has 1 aromatic carbocycles. The van der Waals surface area contributed by atoms with Crippen LogP contribution in [0.2, 0.25) is 0 Å². The number of pyridine rings is 2. The Balaban J connectivity index is 1.05. The van der Waals surface area contributed by atoms with Crippen molar-refractivity contribution >= 4 is 11.1 Å². The van der Waals surface area contributed by atoms with Crippen molar-refractivity contribution in [1.82, 2.24) is 24.8 Å². The van der Waals surface area contributed by atoms with Crippen molar-refractivity contribution in [3.8, 4) is 23.0 Å². The summed E-state index contributed by atoms with van der Waals surface area (Å²) in [5.74, 6) is 2.02. The fraction of sp³-hybridized carbons (Fsp3) is 0.393. The van der Waals surface area contributed by atoms with Crippen LogP contribution in [0, 0.1) is 0 Å². The SMILES string of the molecule is NCCCCN1CCN(CCOc2ccc(COc3ccc4oc(-c5cccnc5)nc4c3)nc2)CC1. The third-order valence-corrected chi connectivity index (χ3v) is 6.52. The van der Waals surface area contributed by atoms with Crippen LogP contribution in [0.15, 0.2) is 65.5 Å². The lowest BCUT2D eigenvalue weighted by molar-refractivity contribution is 0.116. The number of unbranched alkanes of at least 4 members (excludes halogenated alkanes) is 1. The van der Waals surface area contributed by atoms with Crippen LogP contribution < -0.4 is 15.2 Å². The Bertz CT molecular complexity index is 1240. The maximum atomic E-state index is 5.94. The van der Waals surface area contributed by atoms with Gasteiger partial charge in [-0.3, -0.25) is 14.9 Å². The van der Waals surface area contributed by atoms with E-state index in [1.165, 1.54) is 6.42 Å². The second-order valence-corrected chi connectivity index (χ2v) is 9.19. The highest BCUT2D eigenvalue weighted by atomic mass is 16.5. The molecule has 4 aromatic rings. The maximum Gasteiger partial charge on any atom is 0.228 e. The molecule has 1 aliphatic rings. The molecule has 1 fully saturated rings. The molecular weight excluding hydrogens is 468 g/mol. The van der Waals surface area contributed by atoms with Crippen molar-refractivity contribution < 1.29 is 13.9 Å². The van der Waals surface area contributed by atoms with Gasteiger partial charge in [0, 0.05) is 51.2 Å². The van der Waals surface area contributed by atoms with E-state index in [2.05, 4.69) is 24.8 Å². The molecule has 194 valence electrons. The van der Waals surface area contributed by atoms with Gasteiger partial charge in [0.25, 0.3) is 0 Å². The molecule has 0 radical (unpaired) electrons. The van der Waals surface area contributed by atoms with Crippen molar-refractivity contribution in [2.24, 2.45) is 5.73 Å². The van der Waals surface area contributed by atoms with Crippen LogP contribution in [-0.4, -0.2) is 77.2 Å². The first-order valence-electron chi connectivity index (χ1n) is 12.9. The minimum atomic E-state index is 0.356. The minimum Gasteiger partial charge on any atom is -0.491 e. The molecule has 1 saturated heterocycles. The summed E-state index contributed by atoms with van der Waals surface area (Å²) in [7, 11) is 0. The van der Waals surface area contributed by atoms with E-state index in [9.17, 15) is 0 Å². The van der Waals surface area contributed by atoms with E-state index in [-0.39, 0.29) is 0 Å². The minimum absolute atomic E-state index is 0.356. The number of ether oxygens (including phenoxy) is 2. The number of nitrogens with zero attached hydrogens (tertiary/aromatic N) is 5. The zero-order valence-corrected chi connectivity index (χ0v) is 21.1. The van der Waals surface area contributed by atoms with Crippen LogP contribution in [0.3, 0.4) is 0 Å². The average Bonchev–Trinajstić information content (AvgIpc) is 3.38. The van der Waals surface area contributed by atoms with Gasteiger partial charge in [-0.2, -0.15) is 0 Å². The predicted octanol–water partition coefficient (Wildman–Crippen LogP) is 3.60. The average molecular weight is 503 g/mol. The summed E-state index contributed by atoms with van der Waals surface area (Å²) in [5, 5.41) is 0. The predicted molar refractivity (Wildman–Crippen MR) is 142 cm³/mol. The van der Waals surface area contributed by atoms with E-state index in [0.29, 0.717) is 30.4 Å². The monoisotopic (exact) mass is 502 g/mol. The molecule has 9 heteroatoms. The van der Waals surface area contributed by atoms with E-state index in [4.69, 9.17) is 19.6 Å². The lowest BCUT2D eigenvalue weighted by Gasteiger charge is -2.34.